The van der Waals surface area contributed by atoms with Crippen LogP contribution in [-0.4, -0.2) is 282 Å². The molecule has 9 aliphatic rings. The van der Waals surface area contributed by atoms with E-state index in [2.05, 4.69) is 84.3 Å². The molecule has 7 aliphatic carbocycles. The summed E-state index contributed by atoms with van der Waals surface area (Å²) in [4.78, 5) is 49.2. The predicted molar refractivity (Wildman–Crippen MR) is 345 cm³/mol. The summed E-state index contributed by atoms with van der Waals surface area (Å²) in [6, 6.07) is -8.10. The Morgan fingerprint density at radius 2 is 0.828 bits per heavy atom. The Balaban J connectivity index is 0.889. The van der Waals surface area contributed by atoms with Gasteiger partial charge >= 0.3 is 23.9 Å². The summed E-state index contributed by atoms with van der Waals surface area (Å²) in [6.45, 7) is -1.37. The van der Waals surface area contributed by atoms with Crippen LogP contribution in [0.15, 0.2) is 20.5 Å². The molecule has 570 valence electrons. The number of rotatable bonds is 28. The Labute approximate surface area is 572 Å². The molecule has 42 nitrogen and oxygen atoms in total. The van der Waals surface area contributed by atoms with Crippen LogP contribution in [0.3, 0.4) is 0 Å². The molecule has 7 saturated carbocycles. The molecule has 9 rings (SSSR count). The molecular weight excluding hydrogens is 1400 g/mol. The summed E-state index contributed by atoms with van der Waals surface area (Å²) in [5, 5.41) is 144. The van der Waals surface area contributed by atoms with Crippen LogP contribution < -0.4 is 63.8 Å². The van der Waals surface area contributed by atoms with Gasteiger partial charge in [0.1, 0.15) is 56.6 Å². The molecule has 0 spiro atoms. The second-order valence-electron chi connectivity index (χ2n) is 27.5. The van der Waals surface area contributed by atoms with Gasteiger partial charge in [-0.15, -0.1) is 0 Å². The first kappa shape index (κ1) is 79.8. The molecule has 2 heterocycles. The monoisotopic (exact) mass is 1500 g/mol. The molecule has 99 heavy (non-hydrogen) atoms. The van der Waals surface area contributed by atoms with E-state index in [1.54, 1.807) is 0 Å². The van der Waals surface area contributed by atoms with Gasteiger partial charge in [0.25, 0.3) is 20.2 Å². The number of hydrogen-bond donors (Lipinski definition) is 29. The van der Waals surface area contributed by atoms with E-state index in [-0.39, 0.29) is 116 Å². The molecule has 0 amide bonds. The molecule has 46 heteroatoms. The van der Waals surface area contributed by atoms with Crippen molar-refractivity contribution in [2.75, 3.05) is 33.1 Å². The average Bonchev–Trinajstić information content (AvgIpc) is 0.752. The van der Waals surface area contributed by atoms with Gasteiger partial charge in [-0.1, -0.05) is 0 Å². The molecule has 29 N–H and O–H groups in total. The van der Waals surface area contributed by atoms with Crippen LogP contribution in [0.1, 0.15) is 96.3 Å². The summed E-state index contributed by atoms with van der Waals surface area (Å²) in [5.74, 6) is -13.5. The van der Waals surface area contributed by atoms with E-state index in [1.807, 2.05) is 0 Å². The third kappa shape index (κ3) is 20.2. The molecule has 0 aromatic heterocycles. The van der Waals surface area contributed by atoms with Crippen LogP contribution >= 0.6 is 21.7 Å². The Bertz CT molecular complexity index is 3050. The van der Waals surface area contributed by atoms with Crippen molar-refractivity contribution in [3.05, 3.63) is 0 Å². The highest BCUT2D eigenvalue weighted by Crippen LogP contribution is 2.56. The molecule has 0 aromatic rings. The number of azo groups is 2. The minimum Gasteiger partial charge on any atom is -0.481 e. The molecular formula is C53H98N16O26S4. The van der Waals surface area contributed by atoms with Crippen molar-refractivity contribution < 1.29 is 123 Å². The Hall–Kier alpha value is -3.36. The highest BCUT2D eigenvalue weighted by Gasteiger charge is 2.59. The van der Waals surface area contributed by atoms with Gasteiger partial charge in [0.2, 0.25) is 0 Å². The summed E-state index contributed by atoms with van der Waals surface area (Å²) in [7, 11) is -18.7. The smallest absolute Gasteiger partial charge is 0.309 e. The van der Waals surface area contributed by atoms with Crippen LogP contribution in [0.25, 0.3) is 0 Å². The second kappa shape index (κ2) is 33.8. The third-order valence-electron chi connectivity index (χ3n) is 21.3. The van der Waals surface area contributed by atoms with E-state index in [9.17, 15) is 118 Å². The molecule has 29 atom stereocenters. The normalized spacial score (nSPS) is 42.5. The van der Waals surface area contributed by atoms with Crippen LogP contribution in [0.4, 0.5) is 0 Å². The van der Waals surface area contributed by atoms with Gasteiger partial charge in [0.05, 0.1) is 110 Å². The molecule has 9 fully saturated rings. The topological polar surface area (TPSA) is 684 Å². The van der Waals surface area contributed by atoms with Gasteiger partial charge in [-0.05, 0) is 108 Å². The fourth-order valence-electron chi connectivity index (χ4n) is 16.7. The van der Waals surface area contributed by atoms with Crippen LogP contribution in [0.2, 0.25) is 0 Å². The molecule has 2 aliphatic heterocycles. The zero-order valence-electron chi connectivity index (χ0n) is 53.6. The first-order valence-electron chi connectivity index (χ1n) is 33.0. The zero-order valence-corrected chi connectivity index (χ0v) is 56.8. The molecule has 0 radical (unpaired) electrons. The standard InChI is InChI=1S/C53H98N16O26S4/c70-9-7-54-48-60-50(64-52(62-48)58-33-18-26(96(83,84)85)12-22-14-37(99(92,93)94)41(43(74)38(22)33)69-67-25-2-5-29(45(77)78)35(17-25)95-20-72)56-23-3-6-32(31(15-23)47(81)82)57-51-61-49(55-8-10-71)63-53(65-51)59-34-19-27(97(86,87)88)11-21-13-36(98(89,90)91)40(42(73)39(21)34)68-66-24-1-4-28(44(75)76)30(16-24)46(79)80/h21-43,48-65,70-74,89-94H,1-20H2,(H,75,76)(H,77,78)(H,79,80)(H,81,82)(H,83,84,85)(H,86,87,88). The van der Waals surface area contributed by atoms with Gasteiger partial charge in [0, 0.05) is 49.1 Å². The number of carboxylic acid groups (broad SMARTS) is 4. The molecule has 29 unspecified atom stereocenters. The van der Waals surface area contributed by atoms with Crippen LogP contribution in [0.5, 0.6) is 0 Å². The molecule has 0 bridgehead atoms. The highest BCUT2D eigenvalue weighted by molar-refractivity contribution is 8.20. The van der Waals surface area contributed by atoms with Gasteiger partial charge in [-0.2, -0.15) is 37.3 Å². The first-order valence-corrected chi connectivity index (χ1v) is 39.2. The summed E-state index contributed by atoms with van der Waals surface area (Å²) in [5.41, 5.74) is 0. The second-order valence-corrected chi connectivity index (χ2v) is 34.3. The summed E-state index contributed by atoms with van der Waals surface area (Å²) in [6.07, 6.45) is -11.3. The van der Waals surface area contributed by atoms with E-state index in [0.717, 1.165) is 0 Å². The van der Waals surface area contributed by atoms with E-state index < -0.39 is 245 Å². The number of hydrogen-bond acceptors (Lipinski definition) is 36. The zero-order chi connectivity index (χ0) is 72.2. The van der Waals surface area contributed by atoms with Crippen molar-refractivity contribution in [3.8, 4) is 0 Å². The minimum absolute atomic E-state index is 0.000343. The lowest BCUT2D eigenvalue weighted by molar-refractivity contribution is -0.155. The van der Waals surface area contributed by atoms with Crippen molar-refractivity contribution in [2.24, 2.45) is 67.8 Å². The number of fused-ring (bicyclic) bond motifs is 2. The molecule has 2 saturated heterocycles. The van der Waals surface area contributed by atoms with E-state index in [1.165, 1.54) is 0 Å². The Morgan fingerprint density at radius 3 is 1.23 bits per heavy atom. The van der Waals surface area contributed by atoms with Gasteiger partial charge in [-0.25, -0.2) is 0 Å². The van der Waals surface area contributed by atoms with E-state index in [0.29, 0.717) is 6.42 Å². The molecule has 0 aromatic carbocycles. The number of carboxylic acids is 4. The largest absolute Gasteiger partial charge is 0.481 e. The number of carbonyl (C=O) groups is 4. The SMILES string of the molecule is O=C(O)C1CC(NC2NC(NCCO)NC(NC3CC(S(=O)(=O)O)CC4CC(S(O)(O)O)C(N=NC5CCC(C(=O)O)C(OCO)C5)C(O)C43)N2)CCC1NC1NC(NCCO)NC(NC2CC(S(=O)(=O)O)CC3CC(S(O)(O)O)C(N=NC4CCC(C(=O)O)C(C(=O)O)C4)C(O)C32)N1. The summed E-state index contributed by atoms with van der Waals surface area (Å²) < 4.78 is 143. The van der Waals surface area contributed by atoms with E-state index >= 15 is 0 Å². The van der Waals surface area contributed by atoms with Crippen LogP contribution in [0, 0.1) is 47.3 Å². The lowest BCUT2D eigenvalue weighted by atomic mass is 9.65. The van der Waals surface area contributed by atoms with Crippen molar-refractivity contribution in [1.82, 2.24) is 63.8 Å². The predicted octanol–water partition coefficient (Wildman–Crippen LogP) is -4.40. The van der Waals surface area contributed by atoms with Crippen molar-refractivity contribution in [3.63, 3.8) is 0 Å². The number of aliphatic hydroxyl groups is 5. The minimum atomic E-state index is -4.81. The lowest BCUT2D eigenvalue weighted by Gasteiger charge is -2.53. The number of nitrogens with zero attached hydrogens (tertiary/aromatic N) is 4. The Kier molecular flexibility index (Phi) is 27.2. The lowest BCUT2D eigenvalue weighted by Crippen LogP contribution is -2.80. The third-order valence-corrected chi connectivity index (χ3v) is 26.4. The fraction of sp³-hybridized carbons (Fsp3) is 0.925. The maximum Gasteiger partial charge on any atom is 0.309 e. The van der Waals surface area contributed by atoms with Gasteiger partial charge in [-0.3, -0.25) is 92.1 Å². The van der Waals surface area contributed by atoms with Crippen LogP contribution in [-0.2, 0) is 44.2 Å². The first-order chi connectivity index (χ1) is 46.5. The van der Waals surface area contributed by atoms with Gasteiger partial charge in [0.15, 0.2) is 0 Å². The van der Waals surface area contributed by atoms with Crippen molar-refractivity contribution in [2.45, 2.75) is 222 Å². The highest BCUT2D eigenvalue weighted by atomic mass is 32.3. The number of aliphatic carboxylic acids is 4. The van der Waals surface area contributed by atoms with E-state index in [4.69, 9.17) is 4.74 Å². The average molecular weight is 1500 g/mol. The maximum absolute atomic E-state index is 13.3. The van der Waals surface area contributed by atoms with Crippen molar-refractivity contribution >= 4 is 65.9 Å². The van der Waals surface area contributed by atoms with Crippen molar-refractivity contribution in [1.29, 1.82) is 0 Å². The quantitative estimate of drug-likeness (QED) is 0.0200. The Morgan fingerprint density at radius 1 is 0.424 bits per heavy atom. The number of aliphatic hydroxyl groups excluding tert-OH is 5. The number of nitrogens with one attached hydrogen (secondary N) is 12. The number of ether oxygens (including phenoxy) is 1. The maximum atomic E-state index is 13.3. The van der Waals surface area contributed by atoms with Gasteiger partial charge < -0.3 is 78.0 Å². The fourth-order valence-corrected chi connectivity index (χ4v) is 20.8. The summed E-state index contributed by atoms with van der Waals surface area (Å²) >= 11 is 0.